The first-order valence-electron chi connectivity index (χ1n) is 6.72. The van der Waals surface area contributed by atoms with Gasteiger partial charge < -0.3 is 10.4 Å². The highest BCUT2D eigenvalue weighted by molar-refractivity contribution is 9.10. The fraction of sp³-hybridized carbons (Fsp3) is 0.467. The number of carbonyl (C=O) groups excluding carboxylic acids is 1. The lowest BCUT2D eigenvalue weighted by atomic mass is 9.92. The number of hydrogen-bond donors (Lipinski definition) is 2. The Bertz CT molecular complexity index is 536. The molecular formula is C15H18BrNO3. The minimum absolute atomic E-state index is 0.00564. The van der Waals surface area contributed by atoms with Crippen LogP contribution in [0.2, 0.25) is 0 Å². The Hall–Kier alpha value is -1.36. The number of carboxylic acid groups (broad SMARTS) is 1. The zero-order valence-corrected chi connectivity index (χ0v) is 13.0. The van der Waals surface area contributed by atoms with Crippen molar-refractivity contribution < 1.29 is 14.7 Å². The summed E-state index contributed by atoms with van der Waals surface area (Å²) in [6.07, 6.45) is 3.40. The van der Waals surface area contributed by atoms with Crippen LogP contribution in [0, 0.1) is 6.92 Å². The van der Waals surface area contributed by atoms with Gasteiger partial charge in [-0.05, 0) is 43.5 Å². The van der Waals surface area contributed by atoms with Crippen LogP contribution in [0.3, 0.4) is 0 Å². The van der Waals surface area contributed by atoms with Crippen LogP contribution in [0.15, 0.2) is 22.7 Å². The first-order chi connectivity index (χ1) is 9.42. The van der Waals surface area contributed by atoms with E-state index in [0.717, 1.165) is 35.7 Å². The second-order valence-corrected chi connectivity index (χ2v) is 6.39. The van der Waals surface area contributed by atoms with Crippen molar-refractivity contribution in [2.24, 2.45) is 0 Å². The molecule has 1 aliphatic carbocycles. The maximum Gasteiger partial charge on any atom is 0.305 e. The fourth-order valence-electron chi connectivity index (χ4n) is 2.88. The molecular weight excluding hydrogens is 322 g/mol. The molecule has 0 atom stereocenters. The van der Waals surface area contributed by atoms with Crippen molar-refractivity contribution in [1.82, 2.24) is 5.32 Å². The molecule has 2 rings (SSSR count). The molecule has 1 amide bonds. The number of nitrogens with one attached hydrogen (secondary N) is 1. The number of carbonyl (C=O) groups is 2. The van der Waals surface area contributed by atoms with E-state index in [1.54, 1.807) is 6.07 Å². The summed E-state index contributed by atoms with van der Waals surface area (Å²) in [6, 6.07) is 5.46. The zero-order chi connectivity index (χ0) is 14.8. The van der Waals surface area contributed by atoms with Gasteiger partial charge in [0.25, 0.3) is 5.91 Å². The van der Waals surface area contributed by atoms with Gasteiger partial charge in [-0.15, -0.1) is 0 Å². The Morgan fingerprint density at radius 1 is 1.35 bits per heavy atom. The molecule has 20 heavy (non-hydrogen) atoms. The van der Waals surface area contributed by atoms with Crippen LogP contribution in [-0.2, 0) is 4.79 Å². The highest BCUT2D eigenvalue weighted by Crippen LogP contribution is 2.33. The standard InChI is InChI=1S/C15H18BrNO3/c1-10-8-11(16)4-5-12(10)14(20)17-15(9-13(18)19)6-2-3-7-15/h4-5,8H,2-3,6-7,9H2,1H3,(H,17,20)(H,18,19). The summed E-state index contributed by atoms with van der Waals surface area (Å²) in [5.41, 5.74) is 0.896. The number of hydrogen-bond acceptors (Lipinski definition) is 2. The Labute approximate surface area is 126 Å². The highest BCUT2D eigenvalue weighted by atomic mass is 79.9. The largest absolute Gasteiger partial charge is 0.481 e. The van der Waals surface area contributed by atoms with Crippen molar-refractivity contribution >= 4 is 27.8 Å². The van der Waals surface area contributed by atoms with Crippen LogP contribution >= 0.6 is 15.9 Å². The van der Waals surface area contributed by atoms with Gasteiger partial charge in [-0.25, -0.2) is 0 Å². The average Bonchev–Trinajstić information content (AvgIpc) is 2.75. The second kappa shape index (κ2) is 5.95. The molecule has 0 bridgehead atoms. The van der Waals surface area contributed by atoms with Crippen molar-refractivity contribution in [2.45, 2.75) is 44.6 Å². The van der Waals surface area contributed by atoms with E-state index in [1.165, 1.54) is 0 Å². The number of aryl methyl sites for hydroxylation is 1. The van der Waals surface area contributed by atoms with Crippen LogP contribution in [-0.4, -0.2) is 22.5 Å². The Morgan fingerprint density at radius 3 is 2.55 bits per heavy atom. The topological polar surface area (TPSA) is 66.4 Å². The molecule has 0 saturated heterocycles. The van der Waals surface area contributed by atoms with E-state index in [1.807, 2.05) is 19.1 Å². The first-order valence-corrected chi connectivity index (χ1v) is 7.52. The van der Waals surface area contributed by atoms with Crippen molar-refractivity contribution in [3.8, 4) is 0 Å². The van der Waals surface area contributed by atoms with Gasteiger partial charge in [0.15, 0.2) is 0 Å². The van der Waals surface area contributed by atoms with E-state index in [4.69, 9.17) is 5.11 Å². The summed E-state index contributed by atoms with van der Waals surface area (Å²) in [7, 11) is 0. The number of halogens is 1. The van der Waals surface area contributed by atoms with Gasteiger partial charge in [0, 0.05) is 10.0 Å². The summed E-state index contributed by atoms with van der Waals surface area (Å²) in [5, 5.41) is 12.0. The molecule has 1 aromatic rings. The van der Waals surface area contributed by atoms with Crippen molar-refractivity contribution in [3.05, 3.63) is 33.8 Å². The average molecular weight is 340 g/mol. The van der Waals surface area contributed by atoms with Gasteiger partial charge in [-0.3, -0.25) is 9.59 Å². The van der Waals surface area contributed by atoms with E-state index in [9.17, 15) is 9.59 Å². The molecule has 0 heterocycles. The number of carboxylic acids is 1. The van der Waals surface area contributed by atoms with Crippen molar-refractivity contribution in [1.29, 1.82) is 0 Å². The third-order valence-corrected chi connectivity index (χ3v) is 4.36. The maximum atomic E-state index is 12.4. The first kappa shape index (κ1) is 15.0. The van der Waals surface area contributed by atoms with Gasteiger partial charge in [0.1, 0.15) is 0 Å². The third kappa shape index (κ3) is 3.39. The Kier molecular flexibility index (Phi) is 4.48. The van der Waals surface area contributed by atoms with E-state index < -0.39 is 11.5 Å². The highest BCUT2D eigenvalue weighted by Gasteiger charge is 2.37. The van der Waals surface area contributed by atoms with E-state index >= 15 is 0 Å². The summed E-state index contributed by atoms with van der Waals surface area (Å²) < 4.78 is 0.924. The molecule has 0 spiro atoms. The molecule has 1 fully saturated rings. The Balaban J connectivity index is 2.18. The summed E-state index contributed by atoms with van der Waals surface area (Å²) in [6.45, 7) is 1.87. The lowest BCUT2D eigenvalue weighted by molar-refractivity contribution is -0.138. The summed E-state index contributed by atoms with van der Waals surface area (Å²) >= 11 is 3.37. The molecule has 4 nitrogen and oxygen atoms in total. The molecule has 0 aliphatic heterocycles. The Morgan fingerprint density at radius 2 is 2.00 bits per heavy atom. The van der Waals surface area contributed by atoms with Crippen molar-refractivity contribution in [2.75, 3.05) is 0 Å². The monoisotopic (exact) mass is 339 g/mol. The minimum Gasteiger partial charge on any atom is -0.481 e. The van der Waals surface area contributed by atoms with E-state index in [2.05, 4.69) is 21.2 Å². The van der Waals surface area contributed by atoms with Gasteiger partial charge in [-0.1, -0.05) is 28.8 Å². The van der Waals surface area contributed by atoms with Crippen LogP contribution in [0.5, 0.6) is 0 Å². The lowest BCUT2D eigenvalue weighted by Crippen LogP contribution is -2.48. The molecule has 1 aliphatic rings. The maximum absolute atomic E-state index is 12.4. The predicted molar refractivity (Wildman–Crippen MR) is 79.8 cm³/mol. The van der Waals surface area contributed by atoms with E-state index in [0.29, 0.717) is 5.56 Å². The quantitative estimate of drug-likeness (QED) is 0.884. The summed E-state index contributed by atoms with van der Waals surface area (Å²) in [5.74, 6) is -1.04. The molecule has 1 aromatic carbocycles. The van der Waals surface area contributed by atoms with Gasteiger partial charge >= 0.3 is 5.97 Å². The fourth-order valence-corrected chi connectivity index (χ4v) is 3.35. The number of rotatable bonds is 4. The number of aliphatic carboxylic acids is 1. The molecule has 2 N–H and O–H groups in total. The molecule has 5 heteroatoms. The molecule has 108 valence electrons. The molecule has 0 radical (unpaired) electrons. The SMILES string of the molecule is Cc1cc(Br)ccc1C(=O)NC1(CC(=O)O)CCCC1. The van der Waals surface area contributed by atoms with Crippen molar-refractivity contribution in [3.63, 3.8) is 0 Å². The lowest BCUT2D eigenvalue weighted by Gasteiger charge is -2.29. The van der Waals surface area contributed by atoms with Crippen LogP contribution in [0.1, 0.15) is 48.0 Å². The second-order valence-electron chi connectivity index (χ2n) is 5.47. The minimum atomic E-state index is -0.861. The molecule has 1 saturated carbocycles. The zero-order valence-electron chi connectivity index (χ0n) is 11.4. The van der Waals surface area contributed by atoms with Crippen LogP contribution < -0.4 is 5.32 Å². The van der Waals surface area contributed by atoms with E-state index in [-0.39, 0.29) is 12.3 Å². The smallest absolute Gasteiger partial charge is 0.305 e. The van der Waals surface area contributed by atoms with Crippen LogP contribution in [0.4, 0.5) is 0 Å². The molecule has 0 aromatic heterocycles. The van der Waals surface area contributed by atoms with Gasteiger partial charge in [0.05, 0.1) is 12.0 Å². The predicted octanol–water partition coefficient (Wildman–Crippen LogP) is 3.27. The van der Waals surface area contributed by atoms with Gasteiger partial charge in [-0.2, -0.15) is 0 Å². The van der Waals surface area contributed by atoms with Gasteiger partial charge in [0.2, 0.25) is 0 Å². The molecule has 0 unspecified atom stereocenters. The third-order valence-electron chi connectivity index (χ3n) is 3.86. The van der Waals surface area contributed by atoms with Crippen LogP contribution in [0.25, 0.3) is 0 Å². The number of benzene rings is 1. The normalized spacial score (nSPS) is 16.9. The number of amides is 1. The summed E-state index contributed by atoms with van der Waals surface area (Å²) in [4.78, 5) is 23.4.